The van der Waals surface area contributed by atoms with E-state index in [4.69, 9.17) is 10.7 Å². The van der Waals surface area contributed by atoms with Crippen molar-refractivity contribution in [3.05, 3.63) is 29.5 Å². The van der Waals surface area contributed by atoms with Gasteiger partial charge < -0.3 is 16.0 Å². The third-order valence-electron chi connectivity index (χ3n) is 4.30. The molecule has 0 saturated carbocycles. The summed E-state index contributed by atoms with van der Waals surface area (Å²) in [5.74, 6) is -0.453. The minimum Gasteiger partial charge on any atom is -0.384 e. The van der Waals surface area contributed by atoms with Gasteiger partial charge in [-0.15, -0.1) is 12.4 Å². The van der Waals surface area contributed by atoms with Gasteiger partial charge in [0.2, 0.25) is 5.91 Å². The molecule has 0 atom stereocenters. The first-order chi connectivity index (χ1) is 11.9. The van der Waals surface area contributed by atoms with Crippen molar-refractivity contribution in [1.29, 1.82) is 0 Å². The number of aromatic nitrogens is 3. The van der Waals surface area contributed by atoms with Crippen LogP contribution < -0.4 is 11.1 Å². The molecule has 0 unspecified atom stereocenters. The van der Waals surface area contributed by atoms with E-state index in [0.717, 1.165) is 52.8 Å². The lowest BCUT2D eigenvalue weighted by molar-refractivity contribution is 0.100. The molecule has 8 heteroatoms. The number of anilines is 1. The molecule has 140 valence electrons. The molecule has 0 aliphatic heterocycles. The number of aryl methyl sites for hydroxylation is 2. The van der Waals surface area contributed by atoms with Gasteiger partial charge in [-0.2, -0.15) is 5.10 Å². The van der Waals surface area contributed by atoms with Crippen LogP contribution in [-0.4, -0.2) is 52.8 Å². The number of carbonyl (C=O) groups excluding carboxylic acids is 1. The topological polar surface area (TPSA) is 89.1 Å². The molecule has 3 N–H and O–H groups in total. The van der Waals surface area contributed by atoms with Crippen LogP contribution >= 0.6 is 12.4 Å². The lowest BCUT2D eigenvalue weighted by atomic mass is 10.1. The second-order valence-electron chi connectivity index (χ2n) is 6.57. The van der Waals surface area contributed by atoms with Gasteiger partial charge in [-0.1, -0.05) is 0 Å². The molecule has 2 aromatic heterocycles. The van der Waals surface area contributed by atoms with Gasteiger partial charge in [0, 0.05) is 24.5 Å². The van der Waals surface area contributed by atoms with E-state index in [1.165, 1.54) is 0 Å². The Kier molecular flexibility index (Phi) is 6.05. The van der Waals surface area contributed by atoms with Crippen LogP contribution in [0.15, 0.2) is 18.2 Å². The molecular weight excluding hydrogens is 352 g/mol. The van der Waals surface area contributed by atoms with Gasteiger partial charge in [-0.25, -0.2) is 4.98 Å². The number of carbonyl (C=O) groups is 1. The first-order valence-electron chi connectivity index (χ1n) is 8.34. The highest BCUT2D eigenvalue weighted by atomic mass is 35.5. The predicted octanol–water partition coefficient (Wildman–Crippen LogP) is 2.31. The molecule has 1 aromatic carbocycles. The van der Waals surface area contributed by atoms with Gasteiger partial charge >= 0.3 is 0 Å². The average molecular weight is 377 g/mol. The molecule has 0 bridgehead atoms. The van der Waals surface area contributed by atoms with Crippen LogP contribution in [0.2, 0.25) is 0 Å². The molecule has 3 rings (SSSR count). The summed E-state index contributed by atoms with van der Waals surface area (Å²) in [5, 5.41) is 10.0. The number of pyridine rings is 1. The van der Waals surface area contributed by atoms with E-state index in [-0.39, 0.29) is 12.4 Å². The number of amides is 1. The van der Waals surface area contributed by atoms with Crippen LogP contribution in [0, 0.1) is 6.92 Å². The van der Waals surface area contributed by atoms with E-state index >= 15 is 0 Å². The van der Waals surface area contributed by atoms with E-state index in [2.05, 4.69) is 29.4 Å². The molecular formula is C18H25ClN6O. The number of nitrogens with one attached hydrogen (secondary N) is 1. The number of halogens is 1. The highest BCUT2D eigenvalue weighted by Gasteiger charge is 2.16. The summed E-state index contributed by atoms with van der Waals surface area (Å²) in [4.78, 5) is 18.4. The Balaban J connectivity index is 0.00000243. The first kappa shape index (κ1) is 19.9. The second-order valence-corrected chi connectivity index (χ2v) is 6.57. The monoisotopic (exact) mass is 376 g/mol. The Bertz CT molecular complexity index is 950. The van der Waals surface area contributed by atoms with Crippen LogP contribution in [0.4, 0.5) is 5.69 Å². The molecule has 0 aliphatic carbocycles. The SMILES string of the molecule is Cc1nn(C)c2nc3cc(C(N)=O)ccc3c(NCCCN(C)C)c12.Cl. The van der Waals surface area contributed by atoms with Crippen molar-refractivity contribution in [3.63, 3.8) is 0 Å². The molecule has 0 radical (unpaired) electrons. The highest BCUT2D eigenvalue weighted by molar-refractivity contribution is 6.09. The van der Waals surface area contributed by atoms with E-state index in [1.54, 1.807) is 16.8 Å². The Morgan fingerprint density at radius 3 is 2.73 bits per heavy atom. The number of fused-ring (bicyclic) bond motifs is 2. The lowest BCUT2D eigenvalue weighted by Crippen LogP contribution is -2.16. The normalized spacial score (nSPS) is 11.1. The molecule has 7 nitrogen and oxygen atoms in total. The first-order valence-corrected chi connectivity index (χ1v) is 8.34. The average Bonchev–Trinajstić information content (AvgIpc) is 2.84. The third kappa shape index (κ3) is 3.73. The Hall–Kier alpha value is -2.38. The molecule has 2 heterocycles. The number of nitrogens with two attached hydrogens (primary N) is 1. The van der Waals surface area contributed by atoms with Gasteiger partial charge in [0.25, 0.3) is 0 Å². The van der Waals surface area contributed by atoms with Crippen molar-refractivity contribution in [2.24, 2.45) is 12.8 Å². The van der Waals surface area contributed by atoms with Crippen LogP contribution in [0.25, 0.3) is 21.9 Å². The predicted molar refractivity (Wildman–Crippen MR) is 108 cm³/mol. The molecule has 0 aliphatic rings. The van der Waals surface area contributed by atoms with Crippen molar-refractivity contribution < 1.29 is 4.79 Å². The quantitative estimate of drug-likeness (QED) is 0.644. The molecule has 0 fully saturated rings. The lowest BCUT2D eigenvalue weighted by Gasteiger charge is -2.14. The van der Waals surface area contributed by atoms with Crippen LogP contribution in [0.1, 0.15) is 22.5 Å². The molecule has 26 heavy (non-hydrogen) atoms. The van der Waals surface area contributed by atoms with Crippen LogP contribution in [0.5, 0.6) is 0 Å². The largest absolute Gasteiger partial charge is 0.384 e. The zero-order valence-corrected chi connectivity index (χ0v) is 16.4. The van der Waals surface area contributed by atoms with Gasteiger partial charge in [0.05, 0.1) is 22.3 Å². The van der Waals surface area contributed by atoms with Crippen LogP contribution in [0.3, 0.4) is 0 Å². The van der Waals surface area contributed by atoms with Crippen LogP contribution in [-0.2, 0) is 7.05 Å². The van der Waals surface area contributed by atoms with Gasteiger partial charge in [-0.05, 0) is 52.2 Å². The van der Waals surface area contributed by atoms with Crippen molar-refractivity contribution >= 4 is 45.9 Å². The summed E-state index contributed by atoms with van der Waals surface area (Å²) in [6, 6.07) is 5.39. The third-order valence-corrected chi connectivity index (χ3v) is 4.30. The minimum atomic E-state index is -0.453. The number of hydrogen-bond acceptors (Lipinski definition) is 5. The Labute approximate surface area is 159 Å². The maximum Gasteiger partial charge on any atom is 0.248 e. The van der Waals surface area contributed by atoms with E-state index in [0.29, 0.717) is 5.56 Å². The second kappa shape index (κ2) is 7.88. The fourth-order valence-corrected chi connectivity index (χ4v) is 3.10. The van der Waals surface area contributed by atoms with Gasteiger partial charge in [0.1, 0.15) is 0 Å². The molecule has 1 amide bonds. The van der Waals surface area contributed by atoms with Gasteiger partial charge in [0.15, 0.2) is 5.65 Å². The number of nitrogens with zero attached hydrogens (tertiary/aromatic N) is 4. The van der Waals surface area contributed by atoms with E-state index in [9.17, 15) is 4.79 Å². The summed E-state index contributed by atoms with van der Waals surface area (Å²) in [6.45, 7) is 3.84. The Morgan fingerprint density at radius 2 is 2.08 bits per heavy atom. The number of benzene rings is 1. The van der Waals surface area contributed by atoms with Gasteiger partial charge in [-0.3, -0.25) is 9.48 Å². The maximum absolute atomic E-state index is 11.5. The number of primary amides is 1. The Morgan fingerprint density at radius 1 is 1.35 bits per heavy atom. The maximum atomic E-state index is 11.5. The number of rotatable bonds is 6. The summed E-state index contributed by atoms with van der Waals surface area (Å²) >= 11 is 0. The van der Waals surface area contributed by atoms with Crippen molar-refractivity contribution in [2.75, 3.05) is 32.5 Å². The fourth-order valence-electron chi connectivity index (χ4n) is 3.10. The summed E-state index contributed by atoms with van der Waals surface area (Å²) in [5.41, 5.74) is 9.34. The summed E-state index contributed by atoms with van der Waals surface area (Å²) < 4.78 is 1.77. The fraction of sp³-hybridized carbons (Fsp3) is 0.389. The highest BCUT2D eigenvalue weighted by Crippen LogP contribution is 2.33. The molecule has 3 aromatic rings. The minimum absolute atomic E-state index is 0. The summed E-state index contributed by atoms with van der Waals surface area (Å²) in [6.07, 6.45) is 1.02. The van der Waals surface area contributed by atoms with Crippen molar-refractivity contribution in [2.45, 2.75) is 13.3 Å². The molecule has 0 saturated heterocycles. The van der Waals surface area contributed by atoms with Crippen molar-refractivity contribution in [1.82, 2.24) is 19.7 Å². The summed E-state index contributed by atoms with van der Waals surface area (Å²) in [7, 11) is 6.01. The smallest absolute Gasteiger partial charge is 0.248 e. The number of hydrogen-bond donors (Lipinski definition) is 2. The van der Waals surface area contributed by atoms with E-state index < -0.39 is 5.91 Å². The standard InChI is InChI=1S/C18H24N6O.ClH/c1-11-15-16(20-8-5-9-23(2)3)13-7-6-12(17(19)25)10-14(13)21-18(15)24(4)22-11;/h6-7,10H,5,8-9H2,1-4H3,(H2,19,25)(H,20,21);1H. The van der Waals surface area contributed by atoms with Crippen molar-refractivity contribution in [3.8, 4) is 0 Å². The zero-order valence-electron chi connectivity index (χ0n) is 15.5. The molecule has 0 spiro atoms. The zero-order chi connectivity index (χ0) is 18.1. The van der Waals surface area contributed by atoms with E-state index in [1.807, 2.05) is 20.0 Å².